The van der Waals surface area contributed by atoms with Gasteiger partial charge in [-0.05, 0) is 50.3 Å². The van der Waals surface area contributed by atoms with Crippen molar-refractivity contribution in [3.8, 4) is 11.5 Å². The fourth-order valence-electron chi connectivity index (χ4n) is 5.50. The van der Waals surface area contributed by atoms with Gasteiger partial charge in [0.05, 0.1) is 31.2 Å². The first-order valence-corrected chi connectivity index (χ1v) is 13.7. The zero-order valence-electron chi connectivity index (χ0n) is 23.6. The maximum Gasteiger partial charge on any atom is 0.227 e. The summed E-state index contributed by atoms with van der Waals surface area (Å²) in [5.74, 6) is 2.18. The zero-order chi connectivity index (χ0) is 28.3. The number of nitrogens with two attached hydrogens (primary N) is 1. The summed E-state index contributed by atoms with van der Waals surface area (Å²) >= 11 is 0. The van der Waals surface area contributed by atoms with E-state index in [2.05, 4.69) is 58.5 Å². The van der Waals surface area contributed by atoms with E-state index in [0.29, 0.717) is 66.5 Å². The number of fused-ring (bicyclic) bond motifs is 1. The SMILES string of the molecule is COc1cc2nc(N3CCC(Cc4ccccc4)(C(=O)N[C@@H](C)c4ccc(C)cc4)CC3)nc(N)c2cc1OC. The predicted octanol–water partition coefficient (Wildman–Crippen LogP) is 5.24. The Kier molecular flexibility index (Phi) is 7.78. The highest BCUT2D eigenvalue weighted by molar-refractivity contribution is 5.92. The number of benzene rings is 3. The average molecular weight is 540 g/mol. The van der Waals surface area contributed by atoms with E-state index < -0.39 is 5.41 Å². The van der Waals surface area contributed by atoms with Gasteiger partial charge in [0.25, 0.3) is 0 Å². The van der Waals surface area contributed by atoms with Gasteiger partial charge < -0.3 is 25.4 Å². The van der Waals surface area contributed by atoms with Gasteiger partial charge in [-0.2, -0.15) is 4.98 Å². The minimum Gasteiger partial charge on any atom is -0.493 e. The Labute approximate surface area is 235 Å². The standard InChI is InChI=1S/C32H37N5O3/c1-21-10-12-24(13-11-21)22(2)34-30(38)32(20-23-8-6-5-7-9-23)14-16-37(17-15-32)31-35-26-19-28(40-4)27(39-3)18-25(26)29(33)36-31/h5-13,18-19,22H,14-17,20H2,1-4H3,(H,34,38)(H2,33,35,36)/t22-/m0/s1. The van der Waals surface area contributed by atoms with Gasteiger partial charge in [0.2, 0.25) is 11.9 Å². The second-order valence-electron chi connectivity index (χ2n) is 10.7. The Morgan fingerprint density at radius 3 is 2.30 bits per heavy atom. The molecule has 0 unspecified atom stereocenters. The monoisotopic (exact) mass is 539 g/mol. The van der Waals surface area contributed by atoms with E-state index in [9.17, 15) is 4.79 Å². The number of hydrogen-bond acceptors (Lipinski definition) is 7. The summed E-state index contributed by atoms with van der Waals surface area (Å²) in [5, 5.41) is 4.03. The molecule has 1 fully saturated rings. The van der Waals surface area contributed by atoms with Crippen LogP contribution in [0.2, 0.25) is 0 Å². The molecule has 0 bridgehead atoms. The number of nitrogens with one attached hydrogen (secondary N) is 1. The molecule has 8 heteroatoms. The van der Waals surface area contributed by atoms with Gasteiger partial charge in [-0.1, -0.05) is 60.2 Å². The van der Waals surface area contributed by atoms with Crippen LogP contribution < -0.4 is 25.4 Å². The van der Waals surface area contributed by atoms with Gasteiger partial charge in [0, 0.05) is 24.5 Å². The summed E-state index contributed by atoms with van der Waals surface area (Å²) in [4.78, 5) is 25.5. The molecule has 1 amide bonds. The minimum atomic E-state index is -0.546. The molecule has 208 valence electrons. The second kappa shape index (κ2) is 11.4. The zero-order valence-corrected chi connectivity index (χ0v) is 23.6. The maximum atomic E-state index is 14.0. The van der Waals surface area contributed by atoms with Crippen molar-refractivity contribution in [2.45, 2.75) is 39.2 Å². The lowest BCUT2D eigenvalue weighted by Gasteiger charge is -2.41. The van der Waals surface area contributed by atoms with Crippen molar-refractivity contribution in [3.63, 3.8) is 0 Å². The first-order chi connectivity index (χ1) is 19.3. The van der Waals surface area contributed by atoms with E-state index in [1.54, 1.807) is 20.3 Å². The summed E-state index contributed by atoms with van der Waals surface area (Å²) in [6.07, 6.45) is 2.01. The molecule has 3 N–H and O–H groups in total. The van der Waals surface area contributed by atoms with E-state index in [-0.39, 0.29) is 11.9 Å². The molecule has 1 aliphatic rings. The summed E-state index contributed by atoms with van der Waals surface area (Å²) < 4.78 is 10.9. The highest BCUT2D eigenvalue weighted by Gasteiger charge is 2.42. The van der Waals surface area contributed by atoms with Gasteiger partial charge >= 0.3 is 0 Å². The molecule has 40 heavy (non-hydrogen) atoms. The van der Waals surface area contributed by atoms with E-state index in [1.165, 1.54) is 5.56 Å². The average Bonchev–Trinajstić information content (AvgIpc) is 2.97. The smallest absolute Gasteiger partial charge is 0.227 e. The van der Waals surface area contributed by atoms with Crippen LogP contribution in [0.1, 0.15) is 42.5 Å². The molecule has 3 aromatic carbocycles. The molecule has 8 nitrogen and oxygen atoms in total. The molecule has 2 heterocycles. The van der Waals surface area contributed by atoms with Crippen molar-refractivity contribution in [2.24, 2.45) is 5.41 Å². The van der Waals surface area contributed by atoms with E-state index in [0.717, 1.165) is 11.1 Å². The minimum absolute atomic E-state index is 0.0832. The van der Waals surface area contributed by atoms with Crippen molar-refractivity contribution in [2.75, 3.05) is 37.9 Å². The first kappa shape index (κ1) is 27.2. The highest BCUT2D eigenvalue weighted by atomic mass is 16.5. The Balaban J connectivity index is 1.39. The number of nitrogens with zero attached hydrogens (tertiary/aromatic N) is 3. The van der Waals surface area contributed by atoms with Gasteiger partial charge in [0.15, 0.2) is 11.5 Å². The summed E-state index contributed by atoms with van der Waals surface area (Å²) in [5.41, 5.74) is 9.95. The third-order valence-electron chi connectivity index (χ3n) is 8.01. The van der Waals surface area contributed by atoms with Crippen molar-refractivity contribution >= 4 is 28.6 Å². The fourth-order valence-corrected chi connectivity index (χ4v) is 5.50. The van der Waals surface area contributed by atoms with Gasteiger partial charge in [-0.15, -0.1) is 0 Å². The molecular formula is C32H37N5O3. The molecule has 0 spiro atoms. The molecule has 0 radical (unpaired) electrons. The van der Waals surface area contributed by atoms with E-state index >= 15 is 0 Å². The van der Waals surface area contributed by atoms with Crippen molar-refractivity contribution in [3.05, 3.63) is 83.4 Å². The van der Waals surface area contributed by atoms with Gasteiger partial charge in [0.1, 0.15) is 5.82 Å². The summed E-state index contributed by atoms with van der Waals surface area (Å²) in [6.45, 7) is 5.38. The number of aryl methyl sites for hydroxylation is 1. The number of nitrogen functional groups attached to an aromatic ring is 1. The number of carbonyl (C=O) groups excluding carboxylic acids is 1. The predicted molar refractivity (Wildman–Crippen MR) is 159 cm³/mol. The Morgan fingerprint density at radius 1 is 1.00 bits per heavy atom. The Morgan fingerprint density at radius 2 is 1.65 bits per heavy atom. The van der Waals surface area contributed by atoms with Crippen LogP contribution in [0.15, 0.2) is 66.7 Å². The van der Waals surface area contributed by atoms with Crippen molar-refractivity contribution < 1.29 is 14.3 Å². The lowest BCUT2D eigenvalue weighted by Crippen LogP contribution is -2.51. The quantitative estimate of drug-likeness (QED) is 0.315. The lowest BCUT2D eigenvalue weighted by atomic mass is 9.72. The van der Waals surface area contributed by atoms with E-state index in [1.807, 2.05) is 31.2 Å². The van der Waals surface area contributed by atoms with Gasteiger partial charge in [-0.25, -0.2) is 4.98 Å². The number of anilines is 2. The molecule has 1 atom stereocenters. The molecular weight excluding hydrogens is 502 g/mol. The molecule has 1 saturated heterocycles. The summed E-state index contributed by atoms with van der Waals surface area (Å²) in [7, 11) is 3.18. The Hall–Kier alpha value is -4.33. The van der Waals surface area contributed by atoms with Gasteiger partial charge in [-0.3, -0.25) is 4.79 Å². The van der Waals surface area contributed by atoms with Crippen LogP contribution in [-0.4, -0.2) is 43.2 Å². The third kappa shape index (κ3) is 5.52. The third-order valence-corrected chi connectivity index (χ3v) is 8.01. The number of amides is 1. The number of hydrogen-bond donors (Lipinski definition) is 2. The molecule has 5 rings (SSSR count). The normalized spacial score (nSPS) is 15.4. The number of methoxy groups -OCH3 is 2. The molecule has 0 saturated carbocycles. The van der Waals surface area contributed by atoms with Crippen LogP contribution in [0.5, 0.6) is 11.5 Å². The van der Waals surface area contributed by atoms with Crippen LogP contribution in [0.4, 0.5) is 11.8 Å². The number of rotatable bonds is 8. The fraction of sp³-hybridized carbons (Fsp3) is 0.344. The largest absolute Gasteiger partial charge is 0.493 e. The van der Waals surface area contributed by atoms with E-state index in [4.69, 9.17) is 20.2 Å². The molecule has 0 aliphatic carbocycles. The molecule has 1 aromatic heterocycles. The van der Waals surface area contributed by atoms with Crippen LogP contribution in [0.3, 0.4) is 0 Å². The second-order valence-corrected chi connectivity index (χ2v) is 10.7. The van der Waals surface area contributed by atoms with Crippen molar-refractivity contribution in [1.82, 2.24) is 15.3 Å². The molecule has 1 aliphatic heterocycles. The lowest BCUT2D eigenvalue weighted by molar-refractivity contribution is -0.133. The van der Waals surface area contributed by atoms with Crippen LogP contribution >= 0.6 is 0 Å². The number of piperidine rings is 1. The number of carbonyl (C=O) groups is 1. The number of ether oxygens (including phenoxy) is 2. The topological polar surface area (TPSA) is 103 Å². The van der Waals surface area contributed by atoms with Crippen LogP contribution in [-0.2, 0) is 11.2 Å². The molecule has 4 aromatic rings. The first-order valence-electron chi connectivity index (χ1n) is 13.7. The Bertz CT molecular complexity index is 1480. The summed E-state index contributed by atoms with van der Waals surface area (Å²) in [6, 6.07) is 22.1. The van der Waals surface area contributed by atoms with Crippen LogP contribution in [0, 0.1) is 12.3 Å². The van der Waals surface area contributed by atoms with Crippen molar-refractivity contribution in [1.29, 1.82) is 0 Å². The highest BCUT2D eigenvalue weighted by Crippen LogP contribution is 2.39. The number of aromatic nitrogens is 2. The van der Waals surface area contributed by atoms with Crippen LogP contribution in [0.25, 0.3) is 10.9 Å². The maximum absolute atomic E-state index is 14.0.